The molecule has 0 radical (unpaired) electrons. The zero-order valence-electron chi connectivity index (χ0n) is 15.7. The van der Waals surface area contributed by atoms with E-state index in [1.54, 1.807) is 12.1 Å². The van der Waals surface area contributed by atoms with Crippen LogP contribution in [0.3, 0.4) is 0 Å². The van der Waals surface area contributed by atoms with Crippen molar-refractivity contribution in [3.05, 3.63) is 46.7 Å². The Labute approximate surface area is 168 Å². The van der Waals surface area contributed by atoms with Gasteiger partial charge in [0.1, 0.15) is 0 Å². The van der Waals surface area contributed by atoms with E-state index in [-0.39, 0.29) is 25.2 Å². The fourth-order valence-corrected chi connectivity index (χ4v) is 3.79. The summed E-state index contributed by atoms with van der Waals surface area (Å²) in [7, 11) is 0. The Kier molecular flexibility index (Phi) is 7.19. The van der Waals surface area contributed by atoms with Gasteiger partial charge in [-0.25, -0.2) is 0 Å². The summed E-state index contributed by atoms with van der Waals surface area (Å²) in [6.07, 6.45) is 3.75. The standard InChI is InChI=1S/C21H24N2O4S/c24-18(19-5-4-14-28-19)10-11-21(26)27-15-20(25)22-16-6-8-17(9-7-16)23-12-2-1-3-13-23/h4-9,14H,1-3,10-13,15H2,(H,22,25). The number of nitrogens with zero attached hydrogens (tertiary/aromatic N) is 1. The fourth-order valence-electron chi connectivity index (χ4n) is 3.10. The molecule has 7 heteroatoms. The lowest BCUT2D eigenvalue weighted by Crippen LogP contribution is -2.29. The number of hydrogen-bond acceptors (Lipinski definition) is 6. The molecular weight excluding hydrogens is 376 g/mol. The third kappa shape index (κ3) is 5.92. The van der Waals surface area contributed by atoms with Crippen LogP contribution < -0.4 is 10.2 Å². The molecule has 0 aliphatic carbocycles. The highest BCUT2D eigenvalue weighted by Crippen LogP contribution is 2.21. The van der Waals surface area contributed by atoms with Gasteiger partial charge < -0.3 is 15.0 Å². The first-order chi connectivity index (χ1) is 13.6. The van der Waals surface area contributed by atoms with Crippen molar-refractivity contribution >= 4 is 40.4 Å². The third-order valence-corrected chi connectivity index (χ3v) is 5.50. The monoisotopic (exact) mass is 400 g/mol. The van der Waals surface area contributed by atoms with Gasteiger partial charge in [0.25, 0.3) is 5.91 Å². The zero-order valence-corrected chi connectivity index (χ0v) is 16.5. The average Bonchev–Trinajstić information content (AvgIpc) is 3.27. The third-order valence-electron chi connectivity index (χ3n) is 4.59. The first kappa shape index (κ1) is 20.1. The van der Waals surface area contributed by atoms with E-state index in [2.05, 4.69) is 10.2 Å². The molecule has 1 aromatic heterocycles. The van der Waals surface area contributed by atoms with Crippen LogP contribution in [0.25, 0.3) is 0 Å². The summed E-state index contributed by atoms with van der Waals surface area (Å²) >= 11 is 1.34. The number of thiophene rings is 1. The lowest BCUT2D eigenvalue weighted by atomic mass is 10.1. The van der Waals surface area contributed by atoms with Gasteiger partial charge in [-0.05, 0) is 55.0 Å². The van der Waals surface area contributed by atoms with Crippen LogP contribution in [-0.2, 0) is 14.3 Å². The molecule has 1 aromatic carbocycles. The number of piperidine rings is 1. The van der Waals surface area contributed by atoms with E-state index in [0.717, 1.165) is 18.8 Å². The number of carbonyl (C=O) groups is 3. The molecule has 0 atom stereocenters. The largest absolute Gasteiger partial charge is 0.456 e. The summed E-state index contributed by atoms with van der Waals surface area (Å²) in [5, 5.41) is 4.53. The molecule has 2 heterocycles. The number of nitrogens with one attached hydrogen (secondary N) is 1. The Morgan fingerprint density at radius 3 is 2.43 bits per heavy atom. The van der Waals surface area contributed by atoms with Gasteiger partial charge in [0, 0.05) is 30.9 Å². The second-order valence-corrected chi connectivity index (χ2v) is 7.65. The molecule has 6 nitrogen and oxygen atoms in total. The number of esters is 1. The number of benzene rings is 1. The van der Waals surface area contributed by atoms with Crippen LogP contribution in [0.2, 0.25) is 0 Å². The van der Waals surface area contributed by atoms with Crippen molar-refractivity contribution in [2.75, 3.05) is 29.9 Å². The van der Waals surface area contributed by atoms with Crippen LogP contribution in [0.15, 0.2) is 41.8 Å². The molecule has 0 spiro atoms. The SMILES string of the molecule is O=C(COC(=O)CCC(=O)c1cccs1)Nc1ccc(N2CCCCC2)cc1. The minimum atomic E-state index is -0.555. The second kappa shape index (κ2) is 10.0. The van der Waals surface area contributed by atoms with E-state index in [1.807, 2.05) is 29.6 Å². The highest BCUT2D eigenvalue weighted by Gasteiger charge is 2.13. The zero-order chi connectivity index (χ0) is 19.8. The molecular formula is C21H24N2O4S. The number of ketones is 1. The van der Waals surface area contributed by atoms with Gasteiger partial charge in [-0.15, -0.1) is 11.3 Å². The lowest BCUT2D eigenvalue weighted by Gasteiger charge is -2.28. The number of carbonyl (C=O) groups excluding carboxylic acids is 3. The van der Waals surface area contributed by atoms with E-state index in [4.69, 9.17) is 4.74 Å². The number of rotatable bonds is 8. The number of hydrogen-bond donors (Lipinski definition) is 1. The van der Waals surface area contributed by atoms with Crippen molar-refractivity contribution in [1.29, 1.82) is 0 Å². The molecule has 1 saturated heterocycles. The average molecular weight is 401 g/mol. The van der Waals surface area contributed by atoms with Crippen LogP contribution in [-0.4, -0.2) is 37.4 Å². The first-order valence-corrected chi connectivity index (χ1v) is 10.4. The Morgan fingerprint density at radius 1 is 1.00 bits per heavy atom. The fraction of sp³-hybridized carbons (Fsp3) is 0.381. The quantitative estimate of drug-likeness (QED) is 0.538. The first-order valence-electron chi connectivity index (χ1n) is 9.49. The number of anilines is 2. The number of amides is 1. The molecule has 0 unspecified atom stereocenters. The molecule has 1 N–H and O–H groups in total. The molecule has 2 aromatic rings. The normalized spacial score (nSPS) is 13.8. The van der Waals surface area contributed by atoms with Crippen molar-refractivity contribution in [1.82, 2.24) is 0 Å². The maximum atomic E-state index is 12.0. The van der Waals surface area contributed by atoms with Gasteiger partial charge in [-0.1, -0.05) is 6.07 Å². The van der Waals surface area contributed by atoms with Gasteiger partial charge in [0.2, 0.25) is 0 Å². The maximum Gasteiger partial charge on any atom is 0.306 e. The van der Waals surface area contributed by atoms with E-state index in [0.29, 0.717) is 10.6 Å². The molecule has 1 amide bonds. The van der Waals surface area contributed by atoms with Crippen molar-refractivity contribution in [3.8, 4) is 0 Å². The van der Waals surface area contributed by atoms with Crippen LogP contribution in [0.5, 0.6) is 0 Å². The van der Waals surface area contributed by atoms with Gasteiger partial charge in [0.05, 0.1) is 11.3 Å². The van der Waals surface area contributed by atoms with E-state index < -0.39 is 11.9 Å². The van der Waals surface area contributed by atoms with Gasteiger partial charge in [-0.2, -0.15) is 0 Å². The molecule has 1 aliphatic heterocycles. The summed E-state index contributed by atoms with van der Waals surface area (Å²) in [5.41, 5.74) is 1.81. The van der Waals surface area contributed by atoms with Crippen LogP contribution in [0.1, 0.15) is 41.8 Å². The summed E-state index contributed by atoms with van der Waals surface area (Å²) in [6.45, 7) is 1.77. The molecule has 1 aliphatic rings. The molecule has 0 bridgehead atoms. The van der Waals surface area contributed by atoms with E-state index in [9.17, 15) is 14.4 Å². The number of Topliss-reactive ketones (excluding diaryl/α,β-unsaturated/α-hetero) is 1. The van der Waals surface area contributed by atoms with E-state index >= 15 is 0 Å². The van der Waals surface area contributed by atoms with Gasteiger partial charge in [-0.3, -0.25) is 14.4 Å². The summed E-state index contributed by atoms with van der Waals surface area (Å²) in [4.78, 5) is 38.5. The highest BCUT2D eigenvalue weighted by molar-refractivity contribution is 7.12. The predicted octanol–water partition coefficient (Wildman–Crippen LogP) is 3.88. The van der Waals surface area contributed by atoms with Crippen LogP contribution in [0, 0.1) is 0 Å². The maximum absolute atomic E-state index is 12.0. The van der Waals surface area contributed by atoms with Crippen molar-refractivity contribution < 1.29 is 19.1 Å². The Balaban J connectivity index is 1.37. The van der Waals surface area contributed by atoms with Gasteiger partial charge >= 0.3 is 5.97 Å². The smallest absolute Gasteiger partial charge is 0.306 e. The number of ether oxygens (including phenoxy) is 1. The summed E-state index contributed by atoms with van der Waals surface area (Å²) in [5.74, 6) is -1.05. The van der Waals surface area contributed by atoms with Crippen molar-refractivity contribution in [3.63, 3.8) is 0 Å². The van der Waals surface area contributed by atoms with Crippen LogP contribution in [0.4, 0.5) is 11.4 Å². The topological polar surface area (TPSA) is 75.7 Å². The molecule has 1 fully saturated rings. The molecule has 28 heavy (non-hydrogen) atoms. The van der Waals surface area contributed by atoms with Gasteiger partial charge in [0.15, 0.2) is 12.4 Å². The highest BCUT2D eigenvalue weighted by atomic mass is 32.1. The lowest BCUT2D eigenvalue weighted by molar-refractivity contribution is -0.147. The predicted molar refractivity (Wildman–Crippen MR) is 110 cm³/mol. The Morgan fingerprint density at radius 2 is 1.75 bits per heavy atom. The molecule has 0 saturated carbocycles. The van der Waals surface area contributed by atoms with Crippen LogP contribution >= 0.6 is 11.3 Å². The Hall–Kier alpha value is -2.67. The minimum absolute atomic E-state index is 0.0332. The van der Waals surface area contributed by atoms with Crippen molar-refractivity contribution in [2.24, 2.45) is 0 Å². The Bertz CT molecular complexity index is 796. The minimum Gasteiger partial charge on any atom is -0.456 e. The van der Waals surface area contributed by atoms with Crippen molar-refractivity contribution in [2.45, 2.75) is 32.1 Å². The second-order valence-electron chi connectivity index (χ2n) is 6.70. The molecule has 3 rings (SSSR count). The summed E-state index contributed by atoms with van der Waals surface area (Å²) in [6, 6.07) is 11.2. The molecule has 148 valence electrons. The van der Waals surface area contributed by atoms with E-state index in [1.165, 1.54) is 30.6 Å². The summed E-state index contributed by atoms with van der Waals surface area (Å²) < 4.78 is 4.95.